The first-order valence-electron chi connectivity index (χ1n) is 7.95. The van der Waals surface area contributed by atoms with Gasteiger partial charge in [-0.05, 0) is 68.1 Å². The average Bonchev–Trinajstić information content (AvgIpc) is 2.83. The van der Waals surface area contributed by atoms with E-state index >= 15 is 0 Å². The van der Waals surface area contributed by atoms with Crippen molar-refractivity contribution in [2.24, 2.45) is 28.9 Å². The molecule has 104 valence electrons. The number of nitrogens with zero attached hydrogens (tertiary/aromatic N) is 2. The molecule has 4 bridgehead atoms. The summed E-state index contributed by atoms with van der Waals surface area (Å²) in [7, 11) is 0. The molecule has 0 aromatic carbocycles. The van der Waals surface area contributed by atoms with E-state index in [1.807, 2.05) is 6.33 Å². The van der Waals surface area contributed by atoms with E-state index in [-0.39, 0.29) is 0 Å². The summed E-state index contributed by atoms with van der Waals surface area (Å²) < 4.78 is 2.25. The van der Waals surface area contributed by atoms with Crippen LogP contribution in [0.2, 0.25) is 0 Å². The van der Waals surface area contributed by atoms with Gasteiger partial charge in [-0.15, -0.1) is 0 Å². The average molecular weight is 259 g/mol. The Hall–Kier alpha value is -0.830. The zero-order valence-corrected chi connectivity index (χ0v) is 11.7. The molecule has 4 saturated carbocycles. The van der Waals surface area contributed by atoms with Crippen LogP contribution in [-0.2, 0) is 13.1 Å². The van der Waals surface area contributed by atoms with Crippen LogP contribution >= 0.6 is 0 Å². The Kier molecular flexibility index (Phi) is 2.73. The number of hydrogen-bond donors (Lipinski definition) is 1. The van der Waals surface area contributed by atoms with Crippen LogP contribution in [0.15, 0.2) is 12.5 Å². The molecule has 0 unspecified atom stereocenters. The third-order valence-electron chi connectivity index (χ3n) is 5.96. The van der Waals surface area contributed by atoms with Crippen LogP contribution in [0, 0.1) is 23.2 Å². The third-order valence-corrected chi connectivity index (χ3v) is 5.96. The summed E-state index contributed by atoms with van der Waals surface area (Å²) >= 11 is 0. The monoisotopic (exact) mass is 259 g/mol. The van der Waals surface area contributed by atoms with Gasteiger partial charge in [-0.3, -0.25) is 0 Å². The maximum Gasteiger partial charge on any atom is 0.0949 e. The lowest BCUT2D eigenvalue weighted by Crippen LogP contribution is -2.46. The van der Waals surface area contributed by atoms with Crippen molar-refractivity contribution in [1.29, 1.82) is 0 Å². The zero-order chi connectivity index (χ0) is 12.9. The smallest absolute Gasteiger partial charge is 0.0949 e. The SMILES string of the molecule is NCc1cn(CCC23CC4CC(CC(C4)C2)C3)cn1. The van der Waals surface area contributed by atoms with Gasteiger partial charge in [0.25, 0.3) is 0 Å². The highest BCUT2D eigenvalue weighted by atomic mass is 15.0. The first-order chi connectivity index (χ1) is 9.25. The normalized spacial score (nSPS) is 39.9. The summed E-state index contributed by atoms with van der Waals surface area (Å²) in [6.45, 7) is 1.70. The van der Waals surface area contributed by atoms with Crippen molar-refractivity contribution < 1.29 is 0 Å². The molecule has 2 N–H and O–H groups in total. The van der Waals surface area contributed by atoms with Gasteiger partial charge in [0.2, 0.25) is 0 Å². The number of aryl methyl sites for hydroxylation is 1. The topological polar surface area (TPSA) is 43.8 Å². The van der Waals surface area contributed by atoms with Gasteiger partial charge in [0.15, 0.2) is 0 Å². The second kappa shape index (κ2) is 4.34. The van der Waals surface area contributed by atoms with Crippen molar-refractivity contribution in [2.45, 2.75) is 58.0 Å². The molecule has 3 nitrogen and oxygen atoms in total. The van der Waals surface area contributed by atoms with E-state index in [2.05, 4.69) is 15.7 Å². The molecule has 0 spiro atoms. The van der Waals surface area contributed by atoms with E-state index in [0.29, 0.717) is 12.0 Å². The predicted molar refractivity (Wildman–Crippen MR) is 75.3 cm³/mol. The molecule has 0 atom stereocenters. The second-order valence-electron chi connectivity index (χ2n) is 7.47. The van der Waals surface area contributed by atoms with E-state index in [9.17, 15) is 0 Å². The molecule has 0 aliphatic heterocycles. The Bertz CT molecular complexity index is 427. The first kappa shape index (κ1) is 12.0. The minimum absolute atomic E-state index is 0.560. The fourth-order valence-corrected chi connectivity index (χ4v) is 5.60. The minimum Gasteiger partial charge on any atom is -0.337 e. The predicted octanol–water partition coefficient (Wildman–Crippen LogP) is 2.95. The number of hydrogen-bond acceptors (Lipinski definition) is 2. The van der Waals surface area contributed by atoms with Gasteiger partial charge in [0, 0.05) is 19.3 Å². The number of rotatable bonds is 4. The maximum atomic E-state index is 5.63. The van der Waals surface area contributed by atoms with Crippen LogP contribution in [0.4, 0.5) is 0 Å². The van der Waals surface area contributed by atoms with Crippen LogP contribution in [0.1, 0.15) is 50.6 Å². The highest BCUT2D eigenvalue weighted by molar-refractivity contribution is 5.02. The summed E-state index contributed by atoms with van der Waals surface area (Å²) in [5, 5.41) is 0. The zero-order valence-electron chi connectivity index (χ0n) is 11.7. The molecular formula is C16H25N3. The molecular weight excluding hydrogens is 234 g/mol. The van der Waals surface area contributed by atoms with Crippen LogP contribution in [0.3, 0.4) is 0 Å². The van der Waals surface area contributed by atoms with E-state index in [0.717, 1.165) is 30.0 Å². The fourth-order valence-electron chi connectivity index (χ4n) is 5.60. The quantitative estimate of drug-likeness (QED) is 0.903. The number of imidazole rings is 1. The molecule has 1 aromatic heterocycles. The van der Waals surface area contributed by atoms with Crippen LogP contribution in [0.25, 0.3) is 0 Å². The van der Waals surface area contributed by atoms with Crippen molar-refractivity contribution in [3.63, 3.8) is 0 Å². The van der Waals surface area contributed by atoms with Crippen LogP contribution in [-0.4, -0.2) is 9.55 Å². The summed E-state index contributed by atoms with van der Waals surface area (Å²) in [5.41, 5.74) is 7.33. The Morgan fingerprint density at radius 1 is 1.16 bits per heavy atom. The van der Waals surface area contributed by atoms with E-state index < -0.39 is 0 Å². The van der Waals surface area contributed by atoms with Gasteiger partial charge in [0.05, 0.1) is 12.0 Å². The first-order valence-corrected chi connectivity index (χ1v) is 7.95. The Balaban J connectivity index is 1.44. The van der Waals surface area contributed by atoms with Gasteiger partial charge in [-0.1, -0.05) is 0 Å². The van der Waals surface area contributed by atoms with Crippen LogP contribution in [0.5, 0.6) is 0 Å². The second-order valence-corrected chi connectivity index (χ2v) is 7.47. The highest BCUT2D eigenvalue weighted by Gasteiger charge is 2.50. The molecule has 19 heavy (non-hydrogen) atoms. The summed E-state index contributed by atoms with van der Waals surface area (Å²) in [6, 6.07) is 0. The standard InChI is InChI=1S/C16H25N3/c17-9-15-10-19(11-18-15)2-1-16-6-12-3-13(7-16)5-14(4-12)8-16/h10-14H,1-9,17H2. The number of aromatic nitrogens is 2. The number of nitrogens with two attached hydrogens (primary N) is 1. The fraction of sp³-hybridized carbons (Fsp3) is 0.812. The Morgan fingerprint density at radius 2 is 1.79 bits per heavy atom. The van der Waals surface area contributed by atoms with E-state index in [1.165, 1.54) is 25.7 Å². The molecule has 4 aliphatic rings. The van der Waals surface area contributed by atoms with Gasteiger partial charge >= 0.3 is 0 Å². The largest absolute Gasteiger partial charge is 0.337 e. The lowest BCUT2D eigenvalue weighted by Gasteiger charge is -2.57. The van der Waals surface area contributed by atoms with Gasteiger partial charge in [-0.2, -0.15) is 0 Å². The summed E-state index contributed by atoms with van der Waals surface area (Å²) in [6.07, 6.45) is 14.6. The van der Waals surface area contributed by atoms with Crippen molar-refractivity contribution in [3.05, 3.63) is 18.2 Å². The van der Waals surface area contributed by atoms with Crippen molar-refractivity contribution in [3.8, 4) is 0 Å². The Morgan fingerprint density at radius 3 is 2.32 bits per heavy atom. The Labute approximate surface area is 115 Å². The lowest BCUT2D eigenvalue weighted by molar-refractivity contribution is -0.0591. The van der Waals surface area contributed by atoms with E-state index in [4.69, 9.17) is 5.73 Å². The van der Waals surface area contributed by atoms with Gasteiger partial charge in [-0.25, -0.2) is 4.98 Å². The van der Waals surface area contributed by atoms with Crippen molar-refractivity contribution in [2.75, 3.05) is 0 Å². The maximum absolute atomic E-state index is 5.63. The van der Waals surface area contributed by atoms with Crippen molar-refractivity contribution >= 4 is 0 Å². The third kappa shape index (κ3) is 2.12. The summed E-state index contributed by atoms with van der Waals surface area (Å²) in [4.78, 5) is 4.34. The molecule has 4 fully saturated rings. The van der Waals surface area contributed by atoms with Crippen molar-refractivity contribution in [1.82, 2.24) is 9.55 Å². The molecule has 4 aliphatic carbocycles. The molecule has 1 heterocycles. The molecule has 5 rings (SSSR count). The van der Waals surface area contributed by atoms with Gasteiger partial charge in [0.1, 0.15) is 0 Å². The molecule has 0 radical (unpaired) electrons. The minimum atomic E-state index is 0.560. The lowest BCUT2D eigenvalue weighted by atomic mass is 9.49. The van der Waals surface area contributed by atoms with E-state index in [1.54, 1.807) is 19.3 Å². The highest BCUT2D eigenvalue weighted by Crippen LogP contribution is 2.61. The molecule has 0 saturated heterocycles. The molecule has 1 aromatic rings. The van der Waals surface area contributed by atoms with Gasteiger partial charge < -0.3 is 10.3 Å². The molecule has 0 amide bonds. The summed E-state index contributed by atoms with van der Waals surface area (Å²) in [5.74, 6) is 3.19. The molecule has 3 heteroatoms. The van der Waals surface area contributed by atoms with Crippen LogP contribution < -0.4 is 5.73 Å².